The summed E-state index contributed by atoms with van der Waals surface area (Å²) in [6, 6.07) is 5.68. The second-order valence-electron chi connectivity index (χ2n) is 5.94. The van der Waals surface area contributed by atoms with Crippen LogP contribution < -0.4 is 16.2 Å². The maximum Gasteiger partial charge on any atom is 0.251 e. The van der Waals surface area contributed by atoms with Crippen LogP contribution in [0.25, 0.3) is 0 Å². The van der Waals surface area contributed by atoms with Crippen molar-refractivity contribution in [3.63, 3.8) is 0 Å². The number of benzene rings is 2. The third kappa shape index (κ3) is 6.48. The van der Waals surface area contributed by atoms with Gasteiger partial charge in [-0.3, -0.25) is 4.79 Å². The number of hydrogen-bond donors (Lipinski definition) is 3. The zero-order chi connectivity index (χ0) is 20.2. The molecule has 2 aromatic rings. The predicted octanol–water partition coefficient (Wildman–Crippen LogP) is 1.86. The van der Waals surface area contributed by atoms with Gasteiger partial charge in [-0.15, -0.1) is 12.4 Å². The molecule has 0 bridgehead atoms. The van der Waals surface area contributed by atoms with E-state index in [2.05, 4.69) is 5.32 Å². The van der Waals surface area contributed by atoms with Crippen molar-refractivity contribution < 1.29 is 26.4 Å². The van der Waals surface area contributed by atoms with Crippen LogP contribution in [0.15, 0.2) is 41.3 Å². The van der Waals surface area contributed by atoms with Crippen LogP contribution in [0.3, 0.4) is 0 Å². The summed E-state index contributed by atoms with van der Waals surface area (Å²) in [6.45, 7) is 0.155. The van der Waals surface area contributed by atoms with Crippen LogP contribution in [0, 0.1) is 17.5 Å². The quantitative estimate of drug-likeness (QED) is 0.573. The van der Waals surface area contributed by atoms with Crippen LogP contribution in [0.1, 0.15) is 22.3 Å². The number of nitrogens with one attached hydrogen (secondary N) is 1. The monoisotopic (exact) mass is 437 g/mol. The molecule has 0 spiro atoms. The number of nitrogens with two attached hydrogens (primary N) is 2. The summed E-state index contributed by atoms with van der Waals surface area (Å²) >= 11 is 0. The lowest BCUT2D eigenvalue weighted by atomic mass is 10.0. The van der Waals surface area contributed by atoms with Gasteiger partial charge in [-0.1, -0.05) is 0 Å². The molecule has 0 heterocycles. The molecule has 28 heavy (non-hydrogen) atoms. The molecule has 0 fully saturated rings. The molecule has 0 aliphatic carbocycles. The van der Waals surface area contributed by atoms with Crippen molar-refractivity contribution in [2.45, 2.75) is 23.8 Å². The van der Waals surface area contributed by atoms with Crippen molar-refractivity contribution >= 4 is 28.3 Å². The highest BCUT2D eigenvalue weighted by atomic mass is 35.5. The Bertz CT molecular complexity index is 941. The summed E-state index contributed by atoms with van der Waals surface area (Å²) in [5.74, 6) is -3.77. The Hall–Kier alpha value is -2.14. The van der Waals surface area contributed by atoms with Crippen LogP contribution >= 0.6 is 12.4 Å². The zero-order valence-corrected chi connectivity index (χ0v) is 16.1. The topological polar surface area (TPSA) is 115 Å². The number of rotatable bonds is 7. The van der Waals surface area contributed by atoms with Gasteiger partial charge in [0.2, 0.25) is 10.0 Å². The van der Waals surface area contributed by atoms with Crippen LogP contribution in [-0.2, 0) is 16.4 Å². The Morgan fingerprint density at radius 1 is 1.04 bits per heavy atom. The number of halogens is 4. The van der Waals surface area contributed by atoms with Crippen molar-refractivity contribution in [1.29, 1.82) is 0 Å². The molecule has 11 heteroatoms. The van der Waals surface area contributed by atoms with Gasteiger partial charge in [-0.2, -0.15) is 0 Å². The number of sulfonamides is 1. The van der Waals surface area contributed by atoms with Crippen LogP contribution in [0.5, 0.6) is 0 Å². The largest absolute Gasteiger partial charge is 0.352 e. The van der Waals surface area contributed by atoms with Gasteiger partial charge in [0.15, 0.2) is 11.6 Å². The standard InChI is InChI=1S/C17H18F3N3O3S.ClH/c18-14-9-16(20)15(19)8-11(14)7-12(21)5-6-23-17(24)10-1-3-13(4-2-10)27(22,25)26;/h1-4,8-9,12H,5-7,21H2,(H,23,24)(H2,22,25,26);1H/t12-;/m0./s1. The van der Waals surface area contributed by atoms with Crippen molar-refractivity contribution in [3.05, 3.63) is 65.0 Å². The van der Waals surface area contributed by atoms with Gasteiger partial charge in [0, 0.05) is 24.2 Å². The molecule has 0 aromatic heterocycles. The predicted molar refractivity (Wildman–Crippen MR) is 100 cm³/mol. The lowest BCUT2D eigenvalue weighted by Crippen LogP contribution is -2.31. The van der Waals surface area contributed by atoms with Gasteiger partial charge in [-0.05, 0) is 48.7 Å². The number of amides is 1. The second kappa shape index (κ2) is 9.87. The van der Waals surface area contributed by atoms with Crippen molar-refractivity contribution in [1.82, 2.24) is 5.32 Å². The average Bonchev–Trinajstić information content (AvgIpc) is 2.59. The second-order valence-corrected chi connectivity index (χ2v) is 7.50. The van der Waals surface area contributed by atoms with Crippen LogP contribution in [0.2, 0.25) is 0 Å². The van der Waals surface area contributed by atoms with Gasteiger partial charge < -0.3 is 11.1 Å². The number of primary sulfonamides is 1. The summed E-state index contributed by atoms with van der Waals surface area (Å²) in [5, 5.41) is 7.56. The van der Waals surface area contributed by atoms with Gasteiger partial charge in [0.25, 0.3) is 5.91 Å². The highest BCUT2D eigenvalue weighted by Crippen LogP contribution is 2.15. The van der Waals surface area contributed by atoms with E-state index in [9.17, 15) is 26.4 Å². The minimum absolute atomic E-state index is 0. The molecule has 0 aliphatic heterocycles. The zero-order valence-electron chi connectivity index (χ0n) is 14.5. The minimum Gasteiger partial charge on any atom is -0.352 e. The molecular weight excluding hydrogens is 419 g/mol. The van der Waals surface area contributed by atoms with E-state index >= 15 is 0 Å². The first-order valence-electron chi connectivity index (χ1n) is 7.88. The van der Waals surface area contributed by atoms with Crippen molar-refractivity contribution in [2.24, 2.45) is 10.9 Å². The molecule has 5 N–H and O–H groups in total. The van der Waals surface area contributed by atoms with Gasteiger partial charge >= 0.3 is 0 Å². The maximum absolute atomic E-state index is 13.6. The highest BCUT2D eigenvalue weighted by Gasteiger charge is 2.14. The summed E-state index contributed by atoms with van der Waals surface area (Å²) in [4.78, 5) is 11.9. The number of carbonyl (C=O) groups excluding carboxylic acids is 1. The molecule has 1 atom stereocenters. The minimum atomic E-state index is -3.84. The third-order valence-electron chi connectivity index (χ3n) is 3.82. The molecule has 0 radical (unpaired) electrons. The Labute approximate surface area is 166 Å². The summed E-state index contributed by atoms with van der Waals surface area (Å²) in [5.41, 5.74) is 6.02. The fourth-order valence-corrected chi connectivity index (χ4v) is 2.89. The molecule has 0 unspecified atom stereocenters. The van der Waals surface area contributed by atoms with E-state index in [1.807, 2.05) is 0 Å². The van der Waals surface area contributed by atoms with E-state index in [1.165, 1.54) is 24.3 Å². The summed E-state index contributed by atoms with van der Waals surface area (Å²) in [6.07, 6.45) is 0.237. The molecule has 1 amide bonds. The fourth-order valence-electron chi connectivity index (χ4n) is 2.37. The molecular formula is C17H19ClF3N3O3S. The van der Waals surface area contributed by atoms with E-state index < -0.39 is 39.4 Å². The Kier molecular flexibility index (Phi) is 8.43. The van der Waals surface area contributed by atoms with E-state index in [0.717, 1.165) is 6.07 Å². The molecule has 6 nitrogen and oxygen atoms in total. The first-order chi connectivity index (χ1) is 12.6. The molecule has 154 valence electrons. The maximum atomic E-state index is 13.6. The summed E-state index contributed by atoms with van der Waals surface area (Å²) < 4.78 is 62.0. The van der Waals surface area contributed by atoms with Gasteiger partial charge in [0.1, 0.15) is 5.82 Å². The molecule has 0 saturated heterocycles. The molecule has 0 saturated carbocycles. The lowest BCUT2D eigenvalue weighted by Gasteiger charge is -2.13. The molecule has 2 aromatic carbocycles. The highest BCUT2D eigenvalue weighted by molar-refractivity contribution is 7.89. The van der Waals surface area contributed by atoms with Gasteiger partial charge in [-0.25, -0.2) is 26.7 Å². The number of carbonyl (C=O) groups is 1. The van der Waals surface area contributed by atoms with Crippen LogP contribution in [-0.4, -0.2) is 26.9 Å². The summed E-state index contributed by atoms with van der Waals surface area (Å²) in [7, 11) is -3.84. The Morgan fingerprint density at radius 3 is 2.18 bits per heavy atom. The Morgan fingerprint density at radius 2 is 1.61 bits per heavy atom. The van der Waals surface area contributed by atoms with E-state index in [1.54, 1.807) is 0 Å². The normalized spacial score (nSPS) is 12.2. The van der Waals surface area contributed by atoms with Crippen molar-refractivity contribution in [3.8, 4) is 0 Å². The van der Waals surface area contributed by atoms with E-state index in [4.69, 9.17) is 10.9 Å². The van der Waals surface area contributed by atoms with Crippen LogP contribution in [0.4, 0.5) is 13.2 Å². The Balaban J connectivity index is 0.00000392. The average molecular weight is 438 g/mol. The third-order valence-corrected chi connectivity index (χ3v) is 4.75. The molecule has 0 aliphatic rings. The van der Waals surface area contributed by atoms with E-state index in [0.29, 0.717) is 6.07 Å². The lowest BCUT2D eigenvalue weighted by molar-refractivity contribution is 0.0952. The first kappa shape index (κ1) is 23.9. The fraction of sp³-hybridized carbons (Fsp3) is 0.235. The molecule has 2 rings (SSSR count). The van der Waals surface area contributed by atoms with E-state index in [-0.39, 0.29) is 47.8 Å². The first-order valence-corrected chi connectivity index (χ1v) is 9.42. The van der Waals surface area contributed by atoms with Gasteiger partial charge in [0.05, 0.1) is 4.90 Å². The van der Waals surface area contributed by atoms with Crippen molar-refractivity contribution in [2.75, 3.05) is 6.54 Å². The smallest absolute Gasteiger partial charge is 0.251 e. The SMILES string of the molecule is Cl.N[C@@H](CCNC(=O)c1ccc(S(N)(=O)=O)cc1)Cc1cc(F)c(F)cc1F. The number of hydrogen-bond acceptors (Lipinski definition) is 4.